The predicted octanol–water partition coefficient (Wildman–Crippen LogP) is 4.86. The van der Waals surface area contributed by atoms with Crippen LogP contribution in [-0.2, 0) is 11.8 Å². The molecular formula is C26H28FN7O2S. The number of aromatic nitrogens is 4. The first kappa shape index (κ1) is 26.1. The van der Waals surface area contributed by atoms with E-state index in [0.29, 0.717) is 28.8 Å². The minimum atomic E-state index is -1.07. The van der Waals surface area contributed by atoms with Gasteiger partial charge in [-0.25, -0.2) is 14.4 Å². The van der Waals surface area contributed by atoms with Crippen LogP contribution in [0.15, 0.2) is 66.0 Å². The van der Waals surface area contributed by atoms with Gasteiger partial charge in [-0.15, -0.1) is 11.8 Å². The second-order valence-electron chi connectivity index (χ2n) is 8.44. The Balaban J connectivity index is 1.69. The molecule has 4 aromatic rings. The van der Waals surface area contributed by atoms with E-state index in [2.05, 4.69) is 32.2 Å². The summed E-state index contributed by atoms with van der Waals surface area (Å²) in [6.07, 6.45) is 1.65. The van der Waals surface area contributed by atoms with Crippen molar-refractivity contribution in [1.82, 2.24) is 24.6 Å². The number of aryl methyl sites for hydroxylation is 1. The Bertz CT molecular complexity index is 1450. The molecule has 11 heteroatoms. The van der Waals surface area contributed by atoms with Crippen LogP contribution < -0.4 is 15.4 Å². The van der Waals surface area contributed by atoms with Crippen LogP contribution in [0, 0.1) is 0 Å². The summed E-state index contributed by atoms with van der Waals surface area (Å²) in [7, 11) is 7.38. The van der Waals surface area contributed by atoms with Gasteiger partial charge in [-0.3, -0.25) is 9.48 Å². The average Bonchev–Trinajstić information content (AvgIpc) is 3.20. The molecule has 2 N–H and O–H groups in total. The minimum Gasteiger partial charge on any atom is -0.495 e. The largest absolute Gasteiger partial charge is 0.495 e. The number of benzene rings is 2. The first-order valence-corrected chi connectivity index (χ1v) is 12.4. The second kappa shape index (κ2) is 11.4. The molecular weight excluding hydrogens is 493 g/mol. The summed E-state index contributed by atoms with van der Waals surface area (Å²) < 4.78 is 20.9. The van der Waals surface area contributed by atoms with E-state index < -0.39 is 11.7 Å². The normalized spacial score (nSPS) is 11.1. The third kappa shape index (κ3) is 6.07. The maximum absolute atomic E-state index is 13.5. The summed E-state index contributed by atoms with van der Waals surface area (Å²) in [5, 5.41) is 11.3. The second-order valence-corrected chi connectivity index (χ2v) is 9.58. The lowest BCUT2D eigenvalue weighted by molar-refractivity contribution is -0.114. The molecule has 9 nitrogen and oxygen atoms in total. The fourth-order valence-electron chi connectivity index (χ4n) is 3.70. The lowest BCUT2D eigenvalue weighted by Crippen LogP contribution is -2.15. The van der Waals surface area contributed by atoms with Crippen LogP contribution in [0.2, 0.25) is 0 Å². The summed E-state index contributed by atoms with van der Waals surface area (Å²) in [6.45, 7) is 3.91. The SMILES string of the molecule is C=C(F)C(=O)Nc1cc(Nc2nccc(-c3c4ccccc4nn3C)n2)c(OC)cc1SCCN(C)C. The molecule has 0 unspecified atom stereocenters. The summed E-state index contributed by atoms with van der Waals surface area (Å²) in [5.41, 5.74) is 3.34. The number of carbonyl (C=O) groups is 1. The number of rotatable bonds is 10. The van der Waals surface area contributed by atoms with Crippen molar-refractivity contribution in [2.45, 2.75) is 4.90 Å². The zero-order chi connectivity index (χ0) is 26.5. The van der Waals surface area contributed by atoms with E-state index in [1.807, 2.05) is 51.5 Å². The Labute approximate surface area is 218 Å². The van der Waals surface area contributed by atoms with Gasteiger partial charge in [0.2, 0.25) is 5.95 Å². The monoisotopic (exact) mass is 521 g/mol. The van der Waals surface area contributed by atoms with E-state index in [4.69, 9.17) is 9.72 Å². The Morgan fingerprint density at radius 2 is 2.00 bits per heavy atom. The highest BCUT2D eigenvalue weighted by molar-refractivity contribution is 7.99. The van der Waals surface area contributed by atoms with Gasteiger partial charge >= 0.3 is 0 Å². The number of ether oxygens (including phenoxy) is 1. The molecule has 0 fully saturated rings. The molecule has 2 aromatic heterocycles. The molecule has 0 aliphatic carbocycles. The molecule has 0 saturated heterocycles. The van der Waals surface area contributed by atoms with Gasteiger partial charge in [-0.2, -0.15) is 5.10 Å². The van der Waals surface area contributed by atoms with Crippen LogP contribution in [-0.4, -0.2) is 64.1 Å². The van der Waals surface area contributed by atoms with Crippen molar-refractivity contribution in [3.05, 3.63) is 61.1 Å². The fourth-order valence-corrected chi connectivity index (χ4v) is 4.83. The van der Waals surface area contributed by atoms with E-state index in [-0.39, 0.29) is 0 Å². The van der Waals surface area contributed by atoms with Crippen LogP contribution in [0.1, 0.15) is 0 Å². The highest BCUT2D eigenvalue weighted by Gasteiger charge is 2.17. The maximum Gasteiger partial charge on any atom is 0.283 e. The quantitative estimate of drug-likeness (QED) is 0.226. The zero-order valence-electron chi connectivity index (χ0n) is 21.1. The van der Waals surface area contributed by atoms with Crippen LogP contribution in [0.5, 0.6) is 5.75 Å². The van der Waals surface area contributed by atoms with Gasteiger partial charge in [0.05, 0.1) is 35.4 Å². The topological polar surface area (TPSA) is 97.2 Å². The zero-order valence-corrected chi connectivity index (χ0v) is 21.9. The van der Waals surface area contributed by atoms with Crippen molar-refractivity contribution in [3.63, 3.8) is 0 Å². The average molecular weight is 522 g/mol. The molecule has 1 amide bonds. The number of thioether (sulfide) groups is 1. The van der Waals surface area contributed by atoms with E-state index in [9.17, 15) is 9.18 Å². The first-order valence-electron chi connectivity index (χ1n) is 11.4. The van der Waals surface area contributed by atoms with Crippen LogP contribution >= 0.6 is 11.8 Å². The molecule has 0 bridgehead atoms. The van der Waals surface area contributed by atoms with Crippen molar-refractivity contribution in [1.29, 1.82) is 0 Å². The number of methoxy groups -OCH3 is 1. The molecule has 0 radical (unpaired) electrons. The third-order valence-corrected chi connectivity index (χ3v) is 6.51. The van der Waals surface area contributed by atoms with Gasteiger partial charge in [-0.05, 0) is 38.4 Å². The van der Waals surface area contributed by atoms with Crippen LogP contribution in [0.4, 0.5) is 21.7 Å². The Kier molecular flexibility index (Phi) is 8.04. The third-order valence-electron chi connectivity index (χ3n) is 5.48. The molecule has 37 heavy (non-hydrogen) atoms. The minimum absolute atomic E-state index is 0.321. The number of halogens is 1. The molecule has 0 saturated carbocycles. The number of nitrogens with zero attached hydrogens (tertiary/aromatic N) is 5. The van der Waals surface area contributed by atoms with Crippen molar-refractivity contribution < 1.29 is 13.9 Å². The van der Waals surface area contributed by atoms with E-state index in [1.54, 1.807) is 30.1 Å². The highest BCUT2D eigenvalue weighted by atomic mass is 32.2. The van der Waals surface area contributed by atoms with Crippen LogP contribution in [0.3, 0.4) is 0 Å². The van der Waals surface area contributed by atoms with E-state index in [0.717, 1.165) is 33.8 Å². The number of amides is 1. The molecule has 0 spiro atoms. The lowest BCUT2D eigenvalue weighted by atomic mass is 10.1. The van der Waals surface area contributed by atoms with Crippen molar-refractivity contribution in [3.8, 4) is 17.1 Å². The molecule has 0 aliphatic rings. The van der Waals surface area contributed by atoms with Gasteiger partial charge in [0.25, 0.3) is 5.91 Å². The Morgan fingerprint density at radius 3 is 2.73 bits per heavy atom. The number of fused-ring (bicyclic) bond motifs is 1. The summed E-state index contributed by atoms with van der Waals surface area (Å²) in [5.74, 6) is -0.391. The predicted molar refractivity (Wildman–Crippen MR) is 146 cm³/mol. The number of hydrogen-bond acceptors (Lipinski definition) is 8. The van der Waals surface area contributed by atoms with Crippen molar-refractivity contribution in [2.75, 3.05) is 44.1 Å². The highest BCUT2D eigenvalue weighted by Crippen LogP contribution is 2.38. The van der Waals surface area contributed by atoms with Crippen LogP contribution in [0.25, 0.3) is 22.3 Å². The van der Waals surface area contributed by atoms with Crippen molar-refractivity contribution in [2.24, 2.45) is 7.05 Å². The smallest absolute Gasteiger partial charge is 0.283 e. The number of carbonyl (C=O) groups excluding carboxylic acids is 1. The number of nitrogens with one attached hydrogen (secondary N) is 2. The molecule has 0 atom stereocenters. The van der Waals surface area contributed by atoms with Gasteiger partial charge < -0.3 is 20.3 Å². The van der Waals surface area contributed by atoms with E-state index in [1.165, 1.54) is 11.8 Å². The molecule has 2 heterocycles. The van der Waals surface area contributed by atoms with Gasteiger partial charge in [0, 0.05) is 35.8 Å². The fraction of sp³-hybridized carbons (Fsp3) is 0.231. The summed E-state index contributed by atoms with van der Waals surface area (Å²) in [4.78, 5) is 23.9. The summed E-state index contributed by atoms with van der Waals surface area (Å²) in [6, 6.07) is 13.1. The Hall–Kier alpha value is -3.96. The maximum atomic E-state index is 13.5. The van der Waals surface area contributed by atoms with Gasteiger partial charge in [0.15, 0.2) is 5.83 Å². The van der Waals surface area contributed by atoms with E-state index >= 15 is 0 Å². The molecule has 192 valence electrons. The number of hydrogen-bond donors (Lipinski definition) is 2. The molecule has 2 aromatic carbocycles. The number of anilines is 3. The standard InChI is InChI=1S/C26H28FN7O2S/c1-16(27)25(35)29-21-14-20(22(36-5)15-23(21)37-13-12-33(2)3)31-26-28-11-10-19(30-26)24-17-8-6-7-9-18(17)32-34(24)4/h6-11,14-15H,1,12-13H2,2-5H3,(H,29,35)(H,28,30,31). The molecule has 4 rings (SSSR count). The van der Waals surface area contributed by atoms with Crippen molar-refractivity contribution >= 4 is 45.9 Å². The lowest BCUT2D eigenvalue weighted by Gasteiger charge is -2.17. The van der Waals surface area contributed by atoms with Gasteiger partial charge in [-0.1, -0.05) is 24.8 Å². The summed E-state index contributed by atoms with van der Waals surface area (Å²) >= 11 is 1.52. The first-order chi connectivity index (χ1) is 17.8. The Morgan fingerprint density at radius 1 is 1.22 bits per heavy atom. The molecule has 0 aliphatic heterocycles. The van der Waals surface area contributed by atoms with Gasteiger partial charge in [0.1, 0.15) is 5.75 Å².